The summed E-state index contributed by atoms with van der Waals surface area (Å²) < 4.78 is 7.61. The lowest BCUT2D eigenvalue weighted by molar-refractivity contribution is -0.136. The van der Waals surface area contributed by atoms with Gasteiger partial charge in [0.25, 0.3) is 0 Å². The number of hydrogen-bond donors (Lipinski definition) is 0. The number of rotatable bonds is 6. The van der Waals surface area contributed by atoms with Crippen LogP contribution in [0.1, 0.15) is 39.1 Å². The highest BCUT2D eigenvalue weighted by molar-refractivity contribution is 5.85. The molecule has 2 heterocycles. The molecular weight excluding hydrogens is 266 g/mol. The zero-order chi connectivity index (χ0) is 15.4. The number of nitrogens with zero attached hydrogens (tertiary/aromatic N) is 3. The van der Waals surface area contributed by atoms with E-state index in [4.69, 9.17) is 4.74 Å². The van der Waals surface area contributed by atoms with Crippen LogP contribution in [0.2, 0.25) is 0 Å². The summed E-state index contributed by atoms with van der Waals surface area (Å²) in [5.41, 5.74) is 2.05. The van der Waals surface area contributed by atoms with E-state index in [1.165, 1.54) is 0 Å². The summed E-state index contributed by atoms with van der Waals surface area (Å²) >= 11 is 0. The lowest BCUT2D eigenvalue weighted by atomic mass is 10.1. The van der Waals surface area contributed by atoms with Crippen LogP contribution in [-0.2, 0) is 28.9 Å². The number of morpholine rings is 1. The molecule has 0 bridgehead atoms. The molecule has 118 valence electrons. The number of aromatic nitrogens is 2. The van der Waals surface area contributed by atoms with Crippen molar-refractivity contribution in [1.82, 2.24) is 14.7 Å². The SMILES string of the molecule is CCc1cc(CC(=O)C2CN(C(C)C)CCO2)n(CC)n1. The summed E-state index contributed by atoms with van der Waals surface area (Å²) in [6.07, 6.45) is 1.01. The van der Waals surface area contributed by atoms with E-state index in [9.17, 15) is 4.79 Å². The molecule has 0 N–H and O–H groups in total. The highest BCUT2D eigenvalue weighted by Crippen LogP contribution is 2.13. The molecule has 0 radical (unpaired) electrons. The fourth-order valence-corrected chi connectivity index (χ4v) is 2.73. The van der Waals surface area contributed by atoms with Crippen LogP contribution in [0.15, 0.2) is 6.07 Å². The zero-order valence-electron chi connectivity index (χ0n) is 13.6. The topological polar surface area (TPSA) is 47.4 Å². The van der Waals surface area contributed by atoms with E-state index in [1.54, 1.807) is 0 Å². The second-order valence-corrected chi connectivity index (χ2v) is 5.89. The molecule has 0 spiro atoms. The highest BCUT2D eigenvalue weighted by atomic mass is 16.5. The maximum absolute atomic E-state index is 12.5. The van der Waals surface area contributed by atoms with E-state index in [0.29, 0.717) is 25.6 Å². The van der Waals surface area contributed by atoms with Gasteiger partial charge in [0, 0.05) is 31.4 Å². The molecule has 2 rings (SSSR count). The minimum Gasteiger partial charge on any atom is -0.368 e. The largest absolute Gasteiger partial charge is 0.368 e. The van der Waals surface area contributed by atoms with Gasteiger partial charge >= 0.3 is 0 Å². The first-order chi connectivity index (χ1) is 10.0. The van der Waals surface area contributed by atoms with Gasteiger partial charge in [0.05, 0.1) is 18.7 Å². The predicted octanol–water partition coefficient (Wildman–Crippen LogP) is 1.69. The van der Waals surface area contributed by atoms with Crippen molar-refractivity contribution in [3.8, 4) is 0 Å². The maximum Gasteiger partial charge on any atom is 0.168 e. The lowest BCUT2D eigenvalue weighted by Crippen LogP contribution is -2.49. The highest BCUT2D eigenvalue weighted by Gasteiger charge is 2.28. The van der Waals surface area contributed by atoms with Gasteiger partial charge in [-0.15, -0.1) is 0 Å². The molecule has 5 heteroatoms. The van der Waals surface area contributed by atoms with Crippen LogP contribution in [0.3, 0.4) is 0 Å². The number of hydrogen-bond acceptors (Lipinski definition) is 4. The van der Waals surface area contributed by atoms with E-state index in [-0.39, 0.29) is 11.9 Å². The monoisotopic (exact) mass is 293 g/mol. The first-order valence-corrected chi connectivity index (χ1v) is 7.99. The molecule has 1 aliphatic rings. The van der Waals surface area contributed by atoms with Crippen LogP contribution in [0, 0.1) is 0 Å². The minimum atomic E-state index is -0.300. The molecule has 1 fully saturated rings. The Morgan fingerprint density at radius 1 is 1.48 bits per heavy atom. The third-order valence-electron chi connectivity index (χ3n) is 4.12. The predicted molar refractivity (Wildman–Crippen MR) is 82.4 cm³/mol. The van der Waals surface area contributed by atoms with E-state index < -0.39 is 0 Å². The van der Waals surface area contributed by atoms with Crippen molar-refractivity contribution in [1.29, 1.82) is 0 Å². The van der Waals surface area contributed by atoms with Gasteiger partial charge in [-0.3, -0.25) is 14.4 Å². The van der Waals surface area contributed by atoms with Crippen molar-refractivity contribution in [2.24, 2.45) is 0 Å². The molecule has 5 nitrogen and oxygen atoms in total. The molecular formula is C16H27N3O2. The fourth-order valence-electron chi connectivity index (χ4n) is 2.73. The zero-order valence-corrected chi connectivity index (χ0v) is 13.6. The van der Waals surface area contributed by atoms with Gasteiger partial charge in [-0.1, -0.05) is 6.92 Å². The van der Waals surface area contributed by atoms with Gasteiger partial charge in [-0.2, -0.15) is 5.10 Å². The number of carbonyl (C=O) groups excluding carboxylic acids is 1. The van der Waals surface area contributed by atoms with Crippen LogP contribution >= 0.6 is 0 Å². The summed E-state index contributed by atoms with van der Waals surface area (Å²) in [5, 5.41) is 4.50. The van der Waals surface area contributed by atoms with E-state index in [2.05, 4.69) is 37.7 Å². The molecule has 1 atom stereocenters. The average molecular weight is 293 g/mol. The Balaban J connectivity index is 2.02. The summed E-state index contributed by atoms with van der Waals surface area (Å²) in [5.74, 6) is 0.164. The number of aryl methyl sites for hydroxylation is 2. The molecule has 21 heavy (non-hydrogen) atoms. The average Bonchev–Trinajstić information content (AvgIpc) is 2.89. The van der Waals surface area contributed by atoms with Crippen LogP contribution in [-0.4, -0.2) is 52.3 Å². The molecule has 1 aromatic rings. The Hall–Kier alpha value is -1.20. The normalized spacial score (nSPS) is 20.1. The van der Waals surface area contributed by atoms with E-state index in [0.717, 1.165) is 30.9 Å². The van der Waals surface area contributed by atoms with Crippen molar-refractivity contribution < 1.29 is 9.53 Å². The molecule has 1 saturated heterocycles. The summed E-state index contributed by atoms with van der Waals surface area (Å²) in [4.78, 5) is 14.8. The van der Waals surface area contributed by atoms with Crippen LogP contribution in [0.4, 0.5) is 0 Å². The minimum absolute atomic E-state index is 0.164. The smallest absolute Gasteiger partial charge is 0.168 e. The maximum atomic E-state index is 12.5. The van der Waals surface area contributed by atoms with Crippen molar-refractivity contribution in [2.45, 2.75) is 59.2 Å². The van der Waals surface area contributed by atoms with Crippen molar-refractivity contribution >= 4 is 5.78 Å². The first kappa shape index (κ1) is 16.2. The number of Topliss-reactive ketones (excluding diaryl/α,β-unsaturated/α-hetero) is 1. The molecule has 1 aliphatic heterocycles. The first-order valence-electron chi connectivity index (χ1n) is 7.99. The fraction of sp³-hybridized carbons (Fsp3) is 0.750. The van der Waals surface area contributed by atoms with Crippen LogP contribution in [0.5, 0.6) is 0 Å². The Morgan fingerprint density at radius 3 is 2.86 bits per heavy atom. The summed E-state index contributed by atoms with van der Waals surface area (Å²) in [7, 11) is 0. The van der Waals surface area contributed by atoms with Gasteiger partial charge in [-0.05, 0) is 33.3 Å². The lowest BCUT2D eigenvalue weighted by Gasteiger charge is -2.34. The Morgan fingerprint density at radius 2 is 2.24 bits per heavy atom. The van der Waals surface area contributed by atoms with Gasteiger partial charge in [0.2, 0.25) is 0 Å². The second-order valence-electron chi connectivity index (χ2n) is 5.89. The van der Waals surface area contributed by atoms with E-state index in [1.807, 2.05) is 10.7 Å². The molecule has 0 aliphatic carbocycles. The molecule has 1 aromatic heterocycles. The molecule has 0 saturated carbocycles. The quantitative estimate of drug-likeness (QED) is 0.801. The van der Waals surface area contributed by atoms with Crippen LogP contribution < -0.4 is 0 Å². The van der Waals surface area contributed by atoms with Gasteiger partial charge in [0.15, 0.2) is 5.78 Å². The van der Waals surface area contributed by atoms with Gasteiger partial charge in [0.1, 0.15) is 6.10 Å². The Labute approximate surface area is 127 Å². The number of ether oxygens (including phenoxy) is 1. The molecule has 0 amide bonds. The van der Waals surface area contributed by atoms with Crippen molar-refractivity contribution in [2.75, 3.05) is 19.7 Å². The third-order valence-corrected chi connectivity index (χ3v) is 4.12. The third kappa shape index (κ3) is 3.92. The van der Waals surface area contributed by atoms with Crippen molar-refractivity contribution in [3.05, 3.63) is 17.5 Å². The number of carbonyl (C=O) groups is 1. The van der Waals surface area contributed by atoms with E-state index >= 15 is 0 Å². The summed E-state index contributed by atoms with van der Waals surface area (Å²) in [6.45, 7) is 11.5. The molecule has 1 unspecified atom stereocenters. The standard InChI is InChI=1S/C16H27N3O2/c1-5-13-9-14(19(6-2)17-13)10-15(20)16-11-18(12(3)4)7-8-21-16/h9,12,16H,5-8,10-11H2,1-4H3. The second kappa shape index (κ2) is 7.18. The molecule has 0 aromatic carbocycles. The van der Waals surface area contributed by atoms with Crippen LogP contribution in [0.25, 0.3) is 0 Å². The summed E-state index contributed by atoms with van der Waals surface area (Å²) in [6, 6.07) is 2.50. The Kier molecular flexibility index (Phi) is 5.53. The number of ketones is 1. The van der Waals surface area contributed by atoms with Gasteiger partial charge < -0.3 is 4.74 Å². The van der Waals surface area contributed by atoms with Crippen molar-refractivity contribution in [3.63, 3.8) is 0 Å². The van der Waals surface area contributed by atoms with Gasteiger partial charge in [-0.25, -0.2) is 0 Å². The Bertz CT molecular complexity index is 482.